The highest BCUT2D eigenvalue weighted by molar-refractivity contribution is 7.98. The van der Waals surface area contributed by atoms with Crippen LogP contribution in [-0.4, -0.2) is 33.5 Å². The maximum atomic E-state index is 12.2. The first kappa shape index (κ1) is 20.5. The van der Waals surface area contributed by atoms with E-state index in [9.17, 15) is 4.79 Å². The maximum absolute atomic E-state index is 12.2. The van der Waals surface area contributed by atoms with E-state index in [1.165, 1.54) is 5.56 Å². The average Bonchev–Trinajstić information content (AvgIpc) is 3.00. The number of carbonyl (C=O) groups excluding carboxylic acids is 1. The topological polar surface area (TPSA) is 59.8 Å². The molecule has 0 bridgehead atoms. The number of amides is 1. The number of hydrogen-bond donors (Lipinski definition) is 1. The molecule has 1 atom stereocenters. The van der Waals surface area contributed by atoms with Crippen molar-refractivity contribution in [3.63, 3.8) is 0 Å². The van der Waals surface area contributed by atoms with E-state index in [1.54, 1.807) is 11.8 Å². The molecule has 1 unspecified atom stereocenters. The van der Waals surface area contributed by atoms with Crippen LogP contribution in [0.15, 0.2) is 35.5 Å². The Morgan fingerprint density at radius 2 is 1.92 bits per heavy atom. The number of nitrogens with zero attached hydrogens (tertiary/aromatic N) is 3. The van der Waals surface area contributed by atoms with Crippen molar-refractivity contribution in [2.75, 3.05) is 12.8 Å². The third kappa shape index (κ3) is 6.16. The van der Waals surface area contributed by atoms with Crippen molar-refractivity contribution in [3.05, 3.63) is 41.7 Å². The summed E-state index contributed by atoms with van der Waals surface area (Å²) in [5.74, 6) is 1.90. The van der Waals surface area contributed by atoms with Gasteiger partial charge in [-0.25, -0.2) is 0 Å². The van der Waals surface area contributed by atoms with E-state index in [2.05, 4.69) is 53.0 Å². The molecule has 142 valence electrons. The zero-order valence-corrected chi connectivity index (χ0v) is 17.1. The van der Waals surface area contributed by atoms with Crippen LogP contribution in [0.1, 0.15) is 50.9 Å². The Balaban J connectivity index is 1.76. The Labute approximate surface area is 161 Å². The second-order valence-electron chi connectivity index (χ2n) is 7.08. The minimum absolute atomic E-state index is 0.106. The van der Waals surface area contributed by atoms with Gasteiger partial charge in [0.25, 0.3) is 0 Å². The monoisotopic (exact) mass is 374 g/mol. The van der Waals surface area contributed by atoms with Gasteiger partial charge in [0.15, 0.2) is 5.16 Å². The van der Waals surface area contributed by atoms with E-state index >= 15 is 0 Å². The van der Waals surface area contributed by atoms with Gasteiger partial charge in [-0.2, -0.15) is 0 Å². The molecular formula is C20H30N4OS. The Hall–Kier alpha value is -1.82. The summed E-state index contributed by atoms with van der Waals surface area (Å²) < 4.78 is 2.20. The number of benzene rings is 1. The molecule has 6 heteroatoms. The van der Waals surface area contributed by atoms with Crippen LogP contribution in [-0.2, 0) is 17.8 Å². The van der Waals surface area contributed by atoms with E-state index in [0.717, 1.165) is 30.4 Å². The molecule has 1 heterocycles. The van der Waals surface area contributed by atoms with E-state index < -0.39 is 0 Å². The van der Waals surface area contributed by atoms with Gasteiger partial charge in [-0.15, -0.1) is 10.2 Å². The van der Waals surface area contributed by atoms with Gasteiger partial charge in [0.1, 0.15) is 5.82 Å². The van der Waals surface area contributed by atoms with Gasteiger partial charge in [-0.3, -0.25) is 4.79 Å². The van der Waals surface area contributed by atoms with Crippen molar-refractivity contribution >= 4 is 17.7 Å². The van der Waals surface area contributed by atoms with E-state index in [0.29, 0.717) is 18.9 Å². The summed E-state index contributed by atoms with van der Waals surface area (Å²) in [4.78, 5) is 12.2. The van der Waals surface area contributed by atoms with Crippen LogP contribution in [0.2, 0.25) is 0 Å². The lowest BCUT2D eigenvalue weighted by Crippen LogP contribution is -2.26. The highest BCUT2D eigenvalue weighted by Crippen LogP contribution is 2.18. The van der Waals surface area contributed by atoms with Gasteiger partial charge < -0.3 is 9.88 Å². The summed E-state index contributed by atoms with van der Waals surface area (Å²) in [5.41, 5.74) is 1.20. The molecule has 1 aromatic heterocycles. The lowest BCUT2D eigenvalue weighted by Gasteiger charge is -2.13. The zero-order valence-electron chi connectivity index (χ0n) is 16.2. The summed E-state index contributed by atoms with van der Waals surface area (Å²) >= 11 is 1.63. The van der Waals surface area contributed by atoms with Crippen LogP contribution in [0.4, 0.5) is 0 Å². The number of rotatable bonds is 10. The molecule has 0 aliphatic carbocycles. The fraction of sp³-hybridized carbons (Fsp3) is 0.550. The lowest BCUT2D eigenvalue weighted by atomic mass is 9.97. The molecule has 0 aliphatic heterocycles. The molecule has 0 saturated heterocycles. The van der Waals surface area contributed by atoms with Crippen molar-refractivity contribution in [3.8, 4) is 0 Å². The van der Waals surface area contributed by atoms with Crippen LogP contribution < -0.4 is 5.32 Å². The molecule has 0 aliphatic rings. The van der Waals surface area contributed by atoms with Crippen molar-refractivity contribution in [1.29, 1.82) is 0 Å². The van der Waals surface area contributed by atoms with Crippen molar-refractivity contribution in [2.24, 2.45) is 5.92 Å². The van der Waals surface area contributed by atoms with Crippen LogP contribution >= 0.6 is 11.8 Å². The van der Waals surface area contributed by atoms with Crippen LogP contribution in [0, 0.1) is 5.92 Å². The van der Waals surface area contributed by atoms with Crippen LogP contribution in [0.5, 0.6) is 0 Å². The molecule has 0 spiro atoms. The summed E-state index contributed by atoms with van der Waals surface area (Å²) in [6, 6.07) is 10.2. The first-order chi connectivity index (χ1) is 12.5. The summed E-state index contributed by atoms with van der Waals surface area (Å²) in [7, 11) is 0. The van der Waals surface area contributed by atoms with Crippen molar-refractivity contribution < 1.29 is 4.79 Å². The number of aromatic nitrogens is 3. The standard InChI is InChI=1S/C20H30N4OS/c1-15(2)14-24-18(22-23-20(24)26-4)11-8-12-21-19(25)13-16(3)17-9-6-5-7-10-17/h5-7,9-10,15-16H,8,11-14H2,1-4H3,(H,21,25). The molecule has 2 aromatic rings. The Bertz CT molecular complexity index is 684. The van der Waals surface area contributed by atoms with Crippen LogP contribution in [0.25, 0.3) is 0 Å². The van der Waals surface area contributed by atoms with Crippen molar-refractivity contribution in [2.45, 2.75) is 57.7 Å². The molecule has 1 aromatic carbocycles. The Morgan fingerprint density at radius 3 is 2.58 bits per heavy atom. The fourth-order valence-electron chi connectivity index (χ4n) is 2.93. The Morgan fingerprint density at radius 1 is 1.19 bits per heavy atom. The van der Waals surface area contributed by atoms with Crippen LogP contribution in [0.3, 0.4) is 0 Å². The summed E-state index contributed by atoms with van der Waals surface area (Å²) in [5, 5.41) is 12.6. The molecule has 5 nitrogen and oxygen atoms in total. The number of nitrogens with one attached hydrogen (secondary N) is 1. The zero-order chi connectivity index (χ0) is 18.9. The second-order valence-corrected chi connectivity index (χ2v) is 7.85. The third-order valence-corrected chi connectivity index (χ3v) is 4.95. The van der Waals surface area contributed by atoms with Gasteiger partial charge >= 0.3 is 0 Å². The van der Waals surface area contributed by atoms with Gasteiger partial charge in [-0.1, -0.05) is 62.9 Å². The van der Waals surface area contributed by atoms with E-state index in [1.807, 2.05) is 24.5 Å². The largest absolute Gasteiger partial charge is 0.356 e. The fourth-order valence-corrected chi connectivity index (χ4v) is 3.45. The minimum atomic E-state index is 0.106. The van der Waals surface area contributed by atoms with Gasteiger partial charge in [0.05, 0.1) is 0 Å². The normalized spacial score (nSPS) is 12.3. The molecule has 0 fully saturated rings. The van der Waals surface area contributed by atoms with Gasteiger partial charge in [0, 0.05) is 25.9 Å². The van der Waals surface area contributed by atoms with Crippen molar-refractivity contribution in [1.82, 2.24) is 20.1 Å². The number of hydrogen-bond acceptors (Lipinski definition) is 4. The number of thioether (sulfide) groups is 1. The molecule has 2 rings (SSSR count). The average molecular weight is 375 g/mol. The summed E-state index contributed by atoms with van der Waals surface area (Å²) in [6.07, 6.45) is 4.24. The lowest BCUT2D eigenvalue weighted by molar-refractivity contribution is -0.121. The number of aryl methyl sites for hydroxylation is 1. The number of carbonyl (C=O) groups is 1. The van der Waals surface area contributed by atoms with Gasteiger partial charge in [0.2, 0.25) is 5.91 Å². The quantitative estimate of drug-likeness (QED) is 0.506. The SMILES string of the molecule is CSc1nnc(CCCNC(=O)CC(C)c2ccccc2)n1CC(C)C. The minimum Gasteiger partial charge on any atom is -0.356 e. The molecule has 1 N–H and O–H groups in total. The second kappa shape index (κ2) is 10.4. The predicted octanol–water partition coefficient (Wildman–Crippen LogP) is 3.90. The maximum Gasteiger partial charge on any atom is 0.220 e. The van der Waals surface area contributed by atoms with E-state index in [-0.39, 0.29) is 11.8 Å². The third-order valence-electron chi connectivity index (χ3n) is 4.28. The highest BCUT2D eigenvalue weighted by Gasteiger charge is 2.13. The smallest absolute Gasteiger partial charge is 0.220 e. The van der Waals surface area contributed by atoms with Gasteiger partial charge in [-0.05, 0) is 30.1 Å². The molecule has 1 amide bonds. The predicted molar refractivity (Wildman–Crippen MR) is 107 cm³/mol. The molecule has 26 heavy (non-hydrogen) atoms. The highest BCUT2D eigenvalue weighted by atomic mass is 32.2. The summed E-state index contributed by atoms with van der Waals surface area (Å²) in [6.45, 7) is 8.08. The molecule has 0 radical (unpaired) electrons. The Kier molecular flexibility index (Phi) is 8.16. The first-order valence-electron chi connectivity index (χ1n) is 9.29. The molecule has 0 saturated carbocycles. The van der Waals surface area contributed by atoms with E-state index in [4.69, 9.17) is 0 Å². The molecular weight excluding hydrogens is 344 g/mol. The first-order valence-corrected chi connectivity index (χ1v) is 10.5.